The second kappa shape index (κ2) is 7.69. The van der Waals surface area contributed by atoms with Crippen LogP contribution in [-0.2, 0) is 16.1 Å². The molecule has 5 nitrogen and oxygen atoms in total. The summed E-state index contributed by atoms with van der Waals surface area (Å²) in [6.07, 6.45) is 5.35. The molecule has 5 heteroatoms. The van der Waals surface area contributed by atoms with Crippen LogP contribution < -0.4 is 0 Å². The first-order valence-corrected chi connectivity index (χ1v) is 8.83. The van der Waals surface area contributed by atoms with E-state index in [1.807, 2.05) is 30.3 Å². The Balaban J connectivity index is 1.59. The summed E-state index contributed by atoms with van der Waals surface area (Å²) in [6.45, 7) is 1.00. The zero-order chi connectivity index (χ0) is 16.9. The van der Waals surface area contributed by atoms with Gasteiger partial charge in [-0.05, 0) is 17.4 Å². The first kappa shape index (κ1) is 16.8. The van der Waals surface area contributed by atoms with Crippen LogP contribution in [0.5, 0.6) is 0 Å². The Morgan fingerprint density at radius 3 is 2.46 bits per heavy atom. The van der Waals surface area contributed by atoms with E-state index in [1.165, 1.54) is 19.3 Å². The lowest BCUT2D eigenvalue weighted by Gasteiger charge is -2.29. The second-order valence-corrected chi connectivity index (χ2v) is 6.95. The van der Waals surface area contributed by atoms with Crippen molar-refractivity contribution < 1.29 is 19.4 Å². The Hall–Kier alpha value is -2.04. The number of rotatable bonds is 4. The lowest BCUT2D eigenvalue weighted by Crippen LogP contribution is -2.30. The molecule has 1 amide bonds. The highest BCUT2D eigenvalue weighted by molar-refractivity contribution is 5.74. The molecule has 1 aliphatic heterocycles. The molecule has 1 aromatic carbocycles. The average molecular weight is 331 g/mol. The van der Waals surface area contributed by atoms with Gasteiger partial charge in [-0.3, -0.25) is 4.79 Å². The highest BCUT2D eigenvalue weighted by atomic mass is 16.6. The molecule has 130 valence electrons. The largest absolute Gasteiger partial charge is 0.481 e. The summed E-state index contributed by atoms with van der Waals surface area (Å²) in [6, 6.07) is 9.53. The molecule has 1 aromatic rings. The van der Waals surface area contributed by atoms with Crippen molar-refractivity contribution in [1.29, 1.82) is 0 Å². The smallest absolute Gasteiger partial charge is 0.410 e. The van der Waals surface area contributed by atoms with Crippen molar-refractivity contribution in [1.82, 2.24) is 4.90 Å². The van der Waals surface area contributed by atoms with E-state index in [4.69, 9.17) is 4.74 Å². The standard InChI is InChI=1S/C19H25NO4/c21-18(22)17-12-20(11-16(17)15-9-5-2-6-10-15)19(23)24-13-14-7-3-1-4-8-14/h1,3-4,7-8,15-17H,2,5-6,9-13H2,(H,21,22)/t16-,17+/m0/s1. The zero-order valence-corrected chi connectivity index (χ0v) is 13.9. The number of likely N-dealkylation sites (tertiary alicyclic amines) is 1. The van der Waals surface area contributed by atoms with E-state index >= 15 is 0 Å². The number of carboxylic acids is 1. The molecule has 1 saturated heterocycles. The molecular formula is C19H25NO4. The molecule has 1 heterocycles. The molecule has 3 rings (SSSR count). The van der Waals surface area contributed by atoms with Crippen molar-refractivity contribution in [2.75, 3.05) is 13.1 Å². The molecule has 1 aliphatic carbocycles. The minimum absolute atomic E-state index is 0.0621. The molecule has 2 aliphatic rings. The summed E-state index contributed by atoms with van der Waals surface area (Å²) in [5.41, 5.74) is 0.934. The Labute approximate surface area is 142 Å². The van der Waals surface area contributed by atoms with Crippen LogP contribution in [-0.4, -0.2) is 35.2 Å². The number of amides is 1. The first-order valence-electron chi connectivity index (χ1n) is 8.83. The summed E-state index contributed by atoms with van der Waals surface area (Å²) in [5, 5.41) is 9.54. The predicted molar refractivity (Wildman–Crippen MR) is 89.4 cm³/mol. The number of ether oxygens (including phenoxy) is 1. The van der Waals surface area contributed by atoms with E-state index < -0.39 is 18.0 Å². The van der Waals surface area contributed by atoms with Gasteiger partial charge in [-0.1, -0.05) is 62.4 Å². The van der Waals surface area contributed by atoms with Crippen molar-refractivity contribution >= 4 is 12.1 Å². The van der Waals surface area contributed by atoms with Crippen LogP contribution >= 0.6 is 0 Å². The third-order valence-corrected chi connectivity index (χ3v) is 5.40. The lowest BCUT2D eigenvalue weighted by molar-refractivity contribution is -0.143. The van der Waals surface area contributed by atoms with Crippen molar-refractivity contribution in [3.05, 3.63) is 35.9 Å². The van der Waals surface area contributed by atoms with Gasteiger partial charge in [0.25, 0.3) is 0 Å². The fourth-order valence-corrected chi connectivity index (χ4v) is 4.09. The van der Waals surface area contributed by atoms with E-state index in [-0.39, 0.29) is 19.1 Å². The monoisotopic (exact) mass is 331 g/mol. The van der Waals surface area contributed by atoms with Crippen molar-refractivity contribution in [2.24, 2.45) is 17.8 Å². The quantitative estimate of drug-likeness (QED) is 0.916. The summed E-state index contributed by atoms with van der Waals surface area (Å²) in [4.78, 5) is 25.5. The molecule has 0 radical (unpaired) electrons. The summed E-state index contributed by atoms with van der Waals surface area (Å²) in [5.74, 6) is -0.764. The molecule has 24 heavy (non-hydrogen) atoms. The third kappa shape index (κ3) is 3.89. The van der Waals surface area contributed by atoms with Crippen LogP contribution in [0.15, 0.2) is 30.3 Å². The van der Waals surface area contributed by atoms with Gasteiger partial charge < -0.3 is 14.7 Å². The highest BCUT2D eigenvalue weighted by Crippen LogP contribution is 2.38. The molecule has 1 saturated carbocycles. The fourth-order valence-electron chi connectivity index (χ4n) is 4.09. The van der Waals surface area contributed by atoms with Gasteiger partial charge in [0, 0.05) is 13.1 Å². The Morgan fingerprint density at radius 2 is 1.79 bits per heavy atom. The van der Waals surface area contributed by atoms with Crippen molar-refractivity contribution in [3.8, 4) is 0 Å². The van der Waals surface area contributed by atoms with Gasteiger partial charge in [-0.15, -0.1) is 0 Å². The van der Waals surface area contributed by atoms with Crippen molar-refractivity contribution in [3.63, 3.8) is 0 Å². The van der Waals surface area contributed by atoms with Crippen LogP contribution in [0.25, 0.3) is 0 Å². The maximum absolute atomic E-state index is 12.3. The Bertz CT molecular complexity index is 568. The molecule has 0 unspecified atom stereocenters. The number of aliphatic carboxylic acids is 1. The van der Waals surface area contributed by atoms with Gasteiger partial charge in [-0.25, -0.2) is 4.79 Å². The van der Waals surface area contributed by atoms with Gasteiger partial charge in [0.1, 0.15) is 6.61 Å². The van der Waals surface area contributed by atoms with E-state index in [9.17, 15) is 14.7 Å². The molecule has 0 aromatic heterocycles. The molecule has 1 N–H and O–H groups in total. The van der Waals surface area contributed by atoms with Crippen LogP contribution in [0, 0.1) is 17.8 Å². The van der Waals surface area contributed by atoms with Gasteiger partial charge in [-0.2, -0.15) is 0 Å². The number of benzene rings is 1. The number of carbonyl (C=O) groups is 2. The molecule has 0 spiro atoms. The lowest BCUT2D eigenvalue weighted by atomic mass is 9.75. The first-order chi connectivity index (χ1) is 11.6. The minimum atomic E-state index is -0.788. The van der Waals surface area contributed by atoms with Gasteiger partial charge in [0.2, 0.25) is 0 Å². The number of hydrogen-bond donors (Lipinski definition) is 1. The number of nitrogens with zero attached hydrogens (tertiary/aromatic N) is 1. The number of carbonyl (C=O) groups excluding carboxylic acids is 1. The van der Waals surface area contributed by atoms with Crippen LogP contribution in [0.3, 0.4) is 0 Å². The molecule has 2 atom stereocenters. The maximum atomic E-state index is 12.3. The summed E-state index contributed by atoms with van der Waals surface area (Å²) >= 11 is 0. The Kier molecular flexibility index (Phi) is 5.38. The number of carboxylic acid groups (broad SMARTS) is 1. The van der Waals surface area contributed by atoms with E-state index in [0.29, 0.717) is 12.5 Å². The van der Waals surface area contributed by atoms with Crippen LogP contribution in [0.4, 0.5) is 4.79 Å². The molecular weight excluding hydrogens is 306 g/mol. The third-order valence-electron chi connectivity index (χ3n) is 5.40. The number of hydrogen-bond acceptors (Lipinski definition) is 3. The van der Waals surface area contributed by atoms with Crippen LogP contribution in [0.2, 0.25) is 0 Å². The van der Waals surface area contributed by atoms with Crippen molar-refractivity contribution in [2.45, 2.75) is 38.7 Å². The Morgan fingerprint density at radius 1 is 1.08 bits per heavy atom. The summed E-state index contributed by atoms with van der Waals surface area (Å²) < 4.78 is 5.37. The SMILES string of the molecule is O=C(O)[C@@H]1CN(C(=O)OCc2ccccc2)C[C@H]1C1CCCCC1. The fraction of sp³-hybridized carbons (Fsp3) is 0.579. The van der Waals surface area contributed by atoms with Gasteiger partial charge in [0.05, 0.1) is 5.92 Å². The topological polar surface area (TPSA) is 66.8 Å². The average Bonchev–Trinajstić information content (AvgIpc) is 3.07. The van der Waals surface area contributed by atoms with E-state index in [1.54, 1.807) is 4.90 Å². The normalized spacial score (nSPS) is 24.8. The van der Waals surface area contributed by atoms with Crippen LogP contribution in [0.1, 0.15) is 37.7 Å². The van der Waals surface area contributed by atoms with Gasteiger partial charge in [0.15, 0.2) is 0 Å². The van der Waals surface area contributed by atoms with E-state index in [0.717, 1.165) is 18.4 Å². The minimum Gasteiger partial charge on any atom is -0.481 e. The summed E-state index contributed by atoms with van der Waals surface area (Å²) in [7, 11) is 0. The highest BCUT2D eigenvalue weighted by Gasteiger charge is 2.44. The van der Waals surface area contributed by atoms with Gasteiger partial charge >= 0.3 is 12.1 Å². The molecule has 2 fully saturated rings. The predicted octanol–water partition coefficient (Wildman–Crippen LogP) is 3.54. The van der Waals surface area contributed by atoms with E-state index in [2.05, 4.69) is 0 Å². The maximum Gasteiger partial charge on any atom is 0.410 e. The zero-order valence-electron chi connectivity index (χ0n) is 13.9. The molecule has 0 bridgehead atoms. The second-order valence-electron chi connectivity index (χ2n) is 6.95.